The van der Waals surface area contributed by atoms with E-state index < -0.39 is 0 Å². The van der Waals surface area contributed by atoms with Crippen molar-refractivity contribution in [3.8, 4) is 0 Å². The van der Waals surface area contributed by atoms with Gasteiger partial charge in [-0.2, -0.15) is 0 Å². The number of thioether (sulfide) groups is 1. The van der Waals surface area contributed by atoms with Crippen LogP contribution in [-0.2, 0) is 0 Å². The molecule has 24 heavy (non-hydrogen) atoms. The number of amides is 1. The van der Waals surface area contributed by atoms with Crippen LogP contribution in [-0.4, -0.2) is 39.7 Å². The van der Waals surface area contributed by atoms with E-state index in [9.17, 15) is 4.79 Å². The van der Waals surface area contributed by atoms with E-state index in [4.69, 9.17) is 0 Å². The molecule has 1 aliphatic rings. The van der Waals surface area contributed by atoms with Gasteiger partial charge in [0.05, 0.1) is 22.6 Å². The second-order valence-electron chi connectivity index (χ2n) is 6.08. The number of hydrogen-bond acceptors (Lipinski definition) is 3. The third-order valence-electron chi connectivity index (χ3n) is 4.62. The predicted molar refractivity (Wildman–Crippen MR) is 97.6 cm³/mol. The summed E-state index contributed by atoms with van der Waals surface area (Å²) in [5.74, 6) is 1.14. The molecule has 4 nitrogen and oxygen atoms in total. The van der Waals surface area contributed by atoms with Gasteiger partial charge in [0.1, 0.15) is 5.82 Å². The summed E-state index contributed by atoms with van der Waals surface area (Å²) in [6, 6.07) is 16.3. The van der Waals surface area contributed by atoms with Crippen LogP contribution < -0.4 is 0 Å². The number of carbonyl (C=O) groups is 1. The molecule has 0 radical (unpaired) electrons. The fourth-order valence-corrected chi connectivity index (χ4v) is 3.99. The van der Waals surface area contributed by atoms with E-state index >= 15 is 0 Å². The number of fused-ring (bicyclic) bond motifs is 1. The van der Waals surface area contributed by atoms with Crippen LogP contribution in [0.25, 0.3) is 11.0 Å². The molecule has 0 saturated carbocycles. The van der Waals surface area contributed by atoms with E-state index in [0.29, 0.717) is 6.04 Å². The number of aromatic nitrogens is 2. The molecule has 1 fully saturated rings. The molecule has 1 aliphatic heterocycles. The molecule has 0 atom stereocenters. The third-order valence-corrected chi connectivity index (χ3v) is 5.42. The van der Waals surface area contributed by atoms with Crippen molar-refractivity contribution in [2.45, 2.75) is 17.9 Å². The van der Waals surface area contributed by atoms with Crippen molar-refractivity contribution in [1.29, 1.82) is 0 Å². The van der Waals surface area contributed by atoms with Crippen LogP contribution in [0.5, 0.6) is 0 Å². The van der Waals surface area contributed by atoms with Crippen LogP contribution in [0.2, 0.25) is 0 Å². The van der Waals surface area contributed by atoms with Crippen molar-refractivity contribution in [2.75, 3.05) is 19.3 Å². The van der Waals surface area contributed by atoms with Gasteiger partial charge >= 0.3 is 0 Å². The van der Waals surface area contributed by atoms with E-state index in [1.807, 2.05) is 60.5 Å². The quantitative estimate of drug-likeness (QED) is 0.683. The summed E-state index contributed by atoms with van der Waals surface area (Å²) in [4.78, 5) is 20.3. The monoisotopic (exact) mass is 337 g/mol. The Labute approximate surface area is 145 Å². The van der Waals surface area contributed by atoms with Gasteiger partial charge in [-0.1, -0.05) is 24.3 Å². The Morgan fingerprint density at radius 2 is 1.83 bits per heavy atom. The zero-order valence-corrected chi connectivity index (χ0v) is 14.6. The second kappa shape index (κ2) is 5.98. The molecule has 3 aromatic rings. The van der Waals surface area contributed by atoms with Crippen molar-refractivity contribution >= 4 is 28.7 Å². The van der Waals surface area contributed by atoms with Gasteiger partial charge in [0.2, 0.25) is 0 Å². The first-order valence-corrected chi connectivity index (χ1v) is 9.27. The highest BCUT2D eigenvalue weighted by Crippen LogP contribution is 2.30. The largest absolute Gasteiger partial charge is 0.334 e. The number of likely N-dealkylation sites (tertiary alicyclic amines) is 1. The zero-order chi connectivity index (χ0) is 16.7. The van der Waals surface area contributed by atoms with Crippen LogP contribution >= 0.6 is 11.8 Å². The summed E-state index contributed by atoms with van der Waals surface area (Å²) in [5.41, 5.74) is 2.97. The number of rotatable bonds is 3. The lowest BCUT2D eigenvalue weighted by molar-refractivity contribution is 0.0519. The Kier molecular flexibility index (Phi) is 3.81. The summed E-state index contributed by atoms with van der Waals surface area (Å²) in [6.07, 6.45) is 2.01. The fraction of sp³-hybridized carbons (Fsp3) is 0.263. The normalized spacial score (nSPS) is 14.8. The molecule has 0 bridgehead atoms. The molecular formula is C19H19N3OS. The van der Waals surface area contributed by atoms with Gasteiger partial charge in [0, 0.05) is 18.0 Å². The van der Waals surface area contributed by atoms with Gasteiger partial charge in [-0.05, 0) is 37.4 Å². The summed E-state index contributed by atoms with van der Waals surface area (Å²) in [7, 11) is 0. The van der Waals surface area contributed by atoms with Crippen LogP contribution in [0, 0.1) is 6.92 Å². The van der Waals surface area contributed by atoms with Crippen LogP contribution in [0.15, 0.2) is 53.4 Å². The number of hydrogen-bond donors (Lipinski definition) is 0. The lowest BCUT2D eigenvalue weighted by Gasteiger charge is -2.41. The van der Waals surface area contributed by atoms with Gasteiger partial charge in [-0.25, -0.2) is 4.98 Å². The first kappa shape index (κ1) is 15.3. The number of imidazole rings is 1. The average molecular weight is 337 g/mol. The van der Waals surface area contributed by atoms with Crippen LogP contribution in [0.4, 0.5) is 0 Å². The number of aryl methyl sites for hydroxylation is 1. The van der Waals surface area contributed by atoms with Gasteiger partial charge in [0.15, 0.2) is 0 Å². The molecule has 1 aromatic heterocycles. The van der Waals surface area contributed by atoms with E-state index in [0.717, 1.165) is 40.4 Å². The topological polar surface area (TPSA) is 38.1 Å². The Morgan fingerprint density at radius 1 is 1.12 bits per heavy atom. The Bertz CT molecular complexity index is 912. The molecule has 122 valence electrons. The lowest BCUT2D eigenvalue weighted by Crippen LogP contribution is -2.51. The molecule has 2 aromatic carbocycles. The highest BCUT2D eigenvalue weighted by atomic mass is 32.2. The predicted octanol–water partition coefficient (Wildman–Crippen LogP) is 3.76. The minimum absolute atomic E-state index is 0.123. The van der Waals surface area contributed by atoms with Crippen molar-refractivity contribution in [3.63, 3.8) is 0 Å². The average Bonchev–Trinajstić information content (AvgIpc) is 2.89. The van der Waals surface area contributed by atoms with Gasteiger partial charge in [-0.15, -0.1) is 11.8 Å². The molecule has 2 heterocycles. The molecule has 5 heteroatoms. The lowest BCUT2D eigenvalue weighted by atomic mass is 10.1. The zero-order valence-electron chi connectivity index (χ0n) is 13.8. The summed E-state index contributed by atoms with van der Waals surface area (Å²) >= 11 is 1.62. The minimum atomic E-state index is 0.123. The van der Waals surface area contributed by atoms with E-state index in [-0.39, 0.29) is 5.91 Å². The molecule has 4 rings (SSSR count). The van der Waals surface area contributed by atoms with Gasteiger partial charge in [-0.3, -0.25) is 4.79 Å². The van der Waals surface area contributed by atoms with Gasteiger partial charge in [0.25, 0.3) is 5.91 Å². The highest BCUT2D eigenvalue weighted by Gasteiger charge is 2.34. The van der Waals surface area contributed by atoms with Crippen LogP contribution in [0.3, 0.4) is 0 Å². The standard InChI is InChI=1S/C19H19N3OS/c1-13-20-16-8-4-5-9-17(16)22(13)14-11-21(12-14)19(23)15-7-3-6-10-18(15)24-2/h3-10,14H,11-12H2,1-2H3. The second-order valence-corrected chi connectivity index (χ2v) is 6.93. The molecule has 0 N–H and O–H groups in total. The fourth-order valence-electron chi connectivity index (χ4n) is 3.40. The first-order valence-electron chi connectivity index (χ1n) is 8.05. The highest BCUT2D eigenvalue weighted by molar-refractivity contribution is 7.98. The number of carbonyl (C=O) groups excluding carboxylic acids is 1. The molecular weight excluding hydrogens is 318 g/mol. The van der Waals surface area contributed by atoms with Crippen molar-refractivity contribution < 1.29 is 4.79 Å². The van der Waals surface area contributed by atoms with E-state index in [2.05, 4.69) is 15.6 Å². The maximum atomic E-state index is 12.8. The van der Waals surface area contributed by atoms with Crippen molar-refractivity contribution in [1.82, 2.24) is 14.5 Å². The maximum Gasteiger partial charge on any atom is 0.255 e. The SMILES string of the molecule is CSc1ccccc1C(=O)N1CC(n2c(C)nc3ccccc32)C1. The smallest absolute Gasteiger partial charge is 0.255 e. The van der Waals surface area contributed by atoms with E-state index in [1.54, 1.807) is 11.8 Å². The van der Waals surface area contributed by atoms with Crippen molar-refractivity contribution in [3.05, 3.63) is 59.9 Å². The number of benzene rings is 2. The third kappa shape index (κ3) is 2.40. The van der Waals surface area contributed by atoms with Gasteiger partial charge < -0.3 is 9.47 Å². The molecule has 0 aliphatic carbocycles. The van der Waals surface area contributed by atoms with Crippen LogP contribution in [0.1, 0.15) is 22.2 Å². The Morgan fingerprint density at radius 3 is 2.62 bits per heavy atom. The Balaban J connectivity index is 1.56. The van der Waals surface area contributed by atoms with Crippen molar-refractivity contribution in [2.24, 2.45) is 0 Å². The minimum Gasteiger partial charge on any atom is -0.334 e. The summed E-state index contributed by atoms with van der Waals surface area (Å²) < 4.78 is 2.26. The number of para-hydroxylation sites is 2. The summed E-state index contributed by atoms with van der Waals surface area (Å²) in [6.45, 7) is 3.51. The number of nitrogens with zero attached hydrogens (tertiary/aromatic N) is 3. The molecule has 0 unspecified atom stereocenters. The first-order chi connectivity index (χ1) is 11.7. The molecule has 1 amide bonds. The summed E-state index contributed by atoms with van der Waals surface area (Å²) in [5, 5.41) is 0. The van der Waals surface area contributed by atoms with E-state index in [1.165, 1.54) is 0 Å². The molecule has 1 saturated heterocycles. The maximum absolute atomic E-state index is 12.8. The molecule has 0 spiro atoms. The Hall–Kier alpha value is -2.27.